The van der Waals surface area contributed by atoms with Crippen LogP contribution in [0.15, 0.2) is 54.2 Å². The molecular formula is C16H10N4OS. The van der Waals surface area contributed by atoms with Crippen LogP contribution in [-0.4, -0.2) is 20.9 Å². The number of carbonyl (C=O) groups is 1. The molecule has 4 rings (SSSR count). The number of fused-ring (bicyclic) bond motifs is 2. The summed E-state index contributed by atoms with van der Waals surface area (Å²) in [6.07, 6.45) is 1.56. The molecule has 1 amide bonds. The molecule has 4 aromatic rings. The molecule has 1 N–H and O–H groups in total. The largest absolute Gasteiger partial charge is 0.305 e. The fourth-order valence-corrected chi connectivity index (χ4v) is 2.86. The van der Waals surface area contributed by atoms with E-state index in [-0.39, 0.29) is 5.91 Å². The van der Waals surface area contributed by atoms with Crippen LogP contribution in [0.4, 0.5) is 5.82 Å². The summed E-state index contributed by atoms with van der Waals surface area (Å²) in [6.45, 7) is 0. The first-order valence-electron chi connectivity index (χ1n) is 6.66. The summed E-state index contributed by atoms with van der Waals surface area (Å²) in [5.41, 5.74) is 4.68. The molecule has 2 heterocycles. The highest BCUT2D eigenvalue weighted by Crippen LogP contribution is 2.19. The molecule has 5 nitrogen and oxygen atoms in total. The van der Waals surface area contributed by atoms with Crippen LogP contribution in [0, 0.1) is 0 Å². The molecule has 0 atom stereocenters. The number of rotatable bonds is 2. The van der Waals surface area contributed by atoms with Crippen molar-refractivity contribution >= 4 is 44.3 Å². The van der Waals surface area contributed by atoms with Crippen LogP contribution in [0.3, 0.4) is 0 Å². The lowest BCUT2D eigenvalue weighted by Crippen LogP contribution is -2.13. The van der Waals surface area contributed by atoms with Crippen molar-refractivity contribution in [2.75, 3.05) is 5.32 Å². The van der Waals surface area contributed by atoms with Crippen molar-refractivity contribution in [1.82, 2.24) is 15.0 Å². The van der Waals surface area contributed by atoms with Crippen LogP contribution >= 0.6 is 11.3 Å². The van der Waals surface area contributed by atoms with E-state index in [4.69, 9.17) is 0 Å². The minimum Gasteiger partial charge on any atom is -0.305 e. The molecule has 22 heavy (non-hydrogen) atoms. The number of benzene rings is 2. The Kier molecular flexibility index (Phi) is 3.01. The Labute approximate surface area is 129 Å². The van der Waals surface area contributed by atoms with E-state index in [0.717, 1.165) is 21.3 Å². The van der Waals surface area contributed by atoms with E-state index in [1.807, 2.05) is 30.3 Å². The van der Waals surface area contributed by atoms with E-state index in [9.17, 15) is 4.79 Å². The summed E-state index contributed by atoms with van der Waals surface area (Å²) >= 11 is 1.55. The predicted molar refractivity (Wildman–Crippen MR) is 87.1 cm³/mol. The summed E-state index contributed by atoms with van der Waals surface area (Å²) < 4.78 is 1.06. The Morgan fingerprint density at radius 1 is 1.00 bits per heavy atom. The number of amides is 1. The van der Waals surface area contributed by atoms with Gasteiger partial charge in [-0.1, -0.05) is 12.1 Å². The van der Waals surface area contributed by atoms with E-state index in [1.165, 1.54) is 0 Å². The molecule has 2 aromatic heterocycles. The first kappa shape index (κ1) is 12.8. The molecular weight excluding hydrogens is 296 g/mol. The Morgan fingerprint density at radius 2 is 1.86 bits per heavy atom. The number of nitrogens with one attached hydrogen (secondary N) is 1. The van der Waals surface area contributed by atoms with Gasteiger partial charge >= 0.3 is 0 Å². The number of anilines is 1. The summed E-state index contributed by atoms with van der Waals surface area (Å²) in [4.78, 5) is 25.2. The lowest BCUT2D eigenvalue weighted by atomic mass is 10.2. The van der Waals surface area contributed by atoms with E-state index < -0.39 is 0 Å². The van der Waals surface area contributed by atoms with E-state index in [0.29, 0.717) is 11.4 Å². The predicted octanol–water partition coefficient (Wildman–Crippen LogP) is 3.49. The van der Waals surface area contributed by atoms with Gasteiger partial charge in [0.15, 0.2) is 5.82 Å². The molecule has 2 aromatic carbocycles. The second-order valence-corrected chi connectivity index (χ2v) is 5.62. The van der Waals surface area contributed by atoms with Gasteiger partial charge in [-0.15, -0.1) is 11.3 Å². The highest BCUT2D eigenvalue weighted by Gasteiger charge is 2.09. The van der Waals surface area contributed by atoms with Gasteiger partial charge in [-0.25, -0.2) is 9.97 Å². The van der Waals surface area contributed by atoms with Gasteiger partial charge in [0.25, 0.3) is 5.91 Å². The molecule has 0 saturated carbocycles. The molecule has 0 aliphatic heterocycles. The molecule has 0 aliphatic rings. The molecule has 106 valence electrons. The van der Waals surface area contributed by atoms with E-state index >= 15 is 0 Å². The number of nitrogens with zero attached hydrogens (tertiary/aromatic N) is 3. The van der Waals surface area contributed by atoms with Crippen molar-refractivity contribution in [3.63, 3.8) is 0 Å². The zero-order valence-corrected chi connectivity index (χ0v) is 12.2. The van der Waals surface area contributed by atoms with Gasteiger partial charge in [0.05, 0.1) is 33.0 Å². The number of carbonyl (C=O) groups excluding carboxylic acids is 1. The third-order valence-corrected chi connectivity index (χ3v) is 4.09. The van der Waals surface area contributed by atoms with Gasteiger partial charge in [0, 0.05) is 5.56 Å². The maximum absolute atomic E-state index is 12.3. The van der Waals surface area contributed by atoms with Crippen molar-refractivity contribution in [3.8, 4) is 0 Å². The summed E-state index contributed by atoms with van der Waals surface area (Å²) in [6, 6.07) is 13.0. The lowest BCUT2D eigenvalue weighted by molar-refractivity contribution is 0.102. The van der Waals surface area contributed by atoms with Crippen LogP contribution in [0.25, 0.3) is 21.3 Å². The fraction of sp³-hybridized carbons (Fsp3) is 0. The zero-order chi connectivity index (χ0) is 14.9. The minimum atomic E-state index is -0.223. The maximum Gasteiger partial charge on any atom is 0.256 e. The summed E-state index contributed by atoms with van der Waals surface area (Å²) in [5.74, 6) is 0.210. The number of hydrogen-bond donors (Lipinski definition) is 1. The zero-order valence-electron chi connectivity index (χ0n) is 11.4. The standard InChI is InChI=1S/C16H10N4OS/c21-16(10-5-6-14-13(7-10)18-9-22-14)20-15-8-17-11-3-1-2-4-12(11)19-15/h1-9H,(H,19,20,21). The van der Waals surface area contributed by atoms with Crippen molar-refractivity contribution in [2.24, 2.45) is 0 Å². The van der Waals surface area contributed by atoms with Gasteiger partial charge in [-0.05, 0) is 30.3 Å². The first-order valence-corrected chi connectivity index (χ1v) is 7.54. The van der Waals surface area contributed by atoms with Crippen molar-refractivity contribution < 1.29 is 4.79 Å². The highest BCUT2D eigenvalue weighted by atomic mass is 32.1. The summed E-state index contributed by atoms with van der Waals surface area (Å²) in [7, 11) is 0. The van der Waals surface area contributed by atoms with Crippen LogP contribution < -0.4 is 5.32 Å². The number of thiazole rings is 1. The molecule has 0 spiro atoms. The normalized spacial score (nSPS) is 10.9. The second-order valence-electron chi connectivity index (χ2n) is 4.73. The monoisotopic (exact) mass is 306 g/mol. The van der Waals surface area contributed by atoms with Gasteiger partial charge in [-0.3, -0.25) is 9.78 Å². The Hall–Kier alpha value is -2.86. The van der Waals surface area contributed by atoms with Gasteiger partial charge in [0.1, 0.15) is 0 Å². The smallest absolute Gasteiger partial charge is 0.256 e. The van der Waals surface area contributed by atoms with Crippen LogP contribution in [0.2, 0.25) is 0 Å². The molecule has 6 heteroatoms. The van der Waals surface area contributed by atoms with Crippen molar-refractivity contribution in [1.29, 1.82) is 0 Å². The van der Waals surface area contributed by atoms with Crippen molar-refractivity contribution in [2.45, 2.75) is 0 Å². The minimum absolute atomic E-state index is 0.223. The first-order chi connectivity index (χ1) is 10.8. The number of hydrogen-bond acceptors (Lipinski definition) is 5. The van der Waals surface area contributed by atoms with Crippen LogP contribution in [0.1, 0.15) is 10.4 Å². The number of para-hydroxylation sites is 2. The average Bonchev–Trinajstić information content (AvgIpc) is 3.02. The SMILES string of the molecule is O=C(Nc1cnc2ccccc2n1)c1ccc2scnc2c1. The van der Waals surface area contributed by atoms with Crippen LogP contribution in [-0.2, 0) is 0 Å². The molecule has 0 saturated heterocycles. The molecule has 0 fully saturated rings. The second kappa shape index (κ2) is 5.16. The van der Waals surface area contributed by atoms with Gasteiger partial charge in [0.2, 0.25) is 0 Å². The summed E-state index contributed by atoms with van der Waals surface area (Å²) in [5, 5.41) is 2.77. The van der Waals surface area contributed by atoms with Gasteiger partial charge in [-0.2, -0.15) is 0 Å². The maximum atomic E-state index is 12.3. The highest BCUT2D eigenvalue weighted by molar-refractivity contribution is 7.16. The van der Waals surface area contributed by atoms with E-state index in [1.54, 1.807) is 35.2 Å². The third-order valence-electron chi connectivity index (χ3n) is 3.28. The lowest BCUT2D eigenvalue weighted by Gasteiger charge is -2.05. The topological polar surface area (TPSA) is 67.8 Å². The Balaban J connectivity index is 1.64. The van der Waals surface area contributed by atoms with Crippen molar-refractivity contribution in [3.05, 3.63) is 59.7 Å². The van der Waals surface area contributed by atoms with Crippen LogP contribution in [0.5, 0.6) is 0 Å². The molecule has 0 radical (unpaired) electrons. The Morgan fingerprint density at radius 3 is 2.77 bits per heavy atom. The fourth-order valence-electron chi connectivity index (χ4n) is 2.20. The van der Waals surface area contributed by atoms with Gasteiger partial charge < -0.3 is 5.32 Å². The van der Waals surface area contributed by atoms with E-state index in [2.05, 4.69) is 20.3 Å². The Bertz CT molecular complexity index is 995. The third kappa shape index (κ3) is 2.29. The molecule has 0 bridgehead atoms. The molecule has 0 aliphatic carbocycles. The number of aromatic nitrogens is 3. The average molecular weight is 306 g/mol. The molecule has 0 unspecified atom stereocenters. The quantitative estimate of drug-likeness (QED) is 0.615.